The molecule has 0 radical (unpaired) electrons. The second-order valence-electron chi connectivity index (χ2n) is 8.26. The summed E-state index contributed by atoms with van der Waals surface area (Å²) in [5, 5.41) is 0. The van der Waals surface area contributed by atoms with Crippen molar-refractivity contribution in [2.45, 2.75) is 51.1 Å². The molecule has 1 unspecified atom stereocenters. The zero-order chi connectivity index (χ0) is 19.1. The number of nitrogens with zero attached hydrogens (tertiary/aromatic N) is 3. The first-order valence-electron chi connectivity index (χ1n) is 10.5. The lowest BCUT2D eigenvalue weighted by molar-refractivity contribution is -0.133. The van der Waals surface area contributed by atoms with Gasteiger partial charge in [-0.15, -0.1) is 0 Å². The third-order valence-corrected chi connectivity index (χ3v) is 6.05. The van der Waals surface area contributed by atoms with Crippen LogP contribution >= 0.6 is 0 Å². The van der Waals surface area contributed by atoms with E-state index in [0.29, 0.717) is 18.4 Å². The molecule has 3 rings (SSSR count). The van der Waals surface area contributed by atoms with Crippen LogP contribution in [0.3, 0.4) is 0 Å². The van der Waals surface area contributed by atoms with Gasteiger partial charge in [0.05, 0.1) is 0 Å². The first kappa shape index (κ1) is 20.1. The lowest BCUT2D eigenvalue weighted by atomic mass is 9.97. The Morgan fingerprint density at radius 2 is 1.96 bits per heavy atom. The predicted octanol–water partition coefficient (Wildman–Crippen LogP) is 3.54. The van der Waals surface area contributed by atoms with Crippen LogP contribution in [0.4, 0.5) is 0 Å². The number of carbonyl (C=O) groups is 1. The van der Waals surface area contributed by atoms with Crippen molar-refractivity contribution in [1.29, 1.82) is 0 Å². The number of hydrogen-bond donors (Lipinski definition) is 0. The van der Waals surface area contributed by atoms with E-state index in [1.54, 1.807) is 5.57 Å². The van der Waals surface area contributed by atoms with Crippen LogP contribution in [0.5, 0.6) is 0 Å². The quantitative estimate of drug-likeness (QED) is 0.688. The number of carbonyl (C=O) groups excluding carboxylic acids is 1. The maximum atomic E-state index is 13.2. The number of rotatable bonds is 7. The normalized spacial score (nSPS) is 21.7. The van der Waals surface area contributed by atoms with Gasteiger partial charge < -0.3 is 14.7 Å². The zero-order valence-corrected chi connectivity index (χ0v) is 17.1. The van der Waals surface area contributed by atoms with Crippen molar-refractivity contribution in [3.8, 4) is 0 Å². The van der Waals surface area contributed by atoms with Gasteiger partial charge in [-0.3, -0.25) is 4.79 Å². The smallest absolute Gasteiger partial charge is 0.224 e. The molecule has 4 heteroatoms. The van der Waals surface area contributed by atoms with Crippen molar-refractivity contribution >= 4 is 5.91 Å². The number of likely N-dealkylation sites (N-methyl/N-ethyl adjacent to an activating group) is 2. The second kappa shape index (κ2) is 10.0. The Kier molecular flexibility index (Phi) is 7.48. The van der Waals surface area contributed by atoms with Crippen molar-refractivity contribution in [3.63, 3.8) is 0 Å². The van der Waals surface area contributed by atoms with Gasteiger partial charge in [0.15, 0.2) is 0 Å². The Morgan fingerprint density at radius 3 is 2.70 bits per heavy atom. The molecule has 1 heterocycles. The van der Waals surface area contributed by atoms with E-state index in [1.165, 1.54) is 31.2 Å². The summed E-state index contributed by atoms with van der Waals surface area (Å²) in [6.07, 6.45) is 9.09. The molecule has 27 heavy (non-hydrogen) atoms. The molecule has 1 atom stereocenters. The molecule has 0 saturated carbocycles. The van der Waals surface area contributed by atoms with Crippen LogP contribution in [0.15, 0.2) is 42.0 Å². The number of hydrogen-bond acceptors (Lipinski definition) is 3. The van der Waals surface area contributed by atoms with Crippen LogP contribution in [0.25, 0.3) is 0 Å². The Labute approximate surface area is 164 Å². The number of benzene rings is 1. The number of amides is 1. The summed E-state index contributed by atoms with van der Waals surface area (Å²) in [7, 11) is 4.31. The Hall–Kier alpha value is -1.65. The van der Waals surface area contributed by atoms with Crippen LogP contribution in [-0.4, -0.2) is 66.9 Å². The Morgan fingerprint density at radius 1 is 1.15 bits per heavy atom. The van der Waals surface area contributed by atoms with E-state index >= 15 is 0 Å². The summed E-state index contributed by atoms with van der Waals surface area (Å²) in [6, 6.07) is 10.7. The van der Waals surface area contributed by atoms with E-state index in [0.717, 1.165) is 39.1 Å². The minimum absolute atomic E-state index is 0.294. The van der Waals surface area contributed by atoms with E-state index in [4.69, 9.17) is 0 Å². The summed E-state index contributed by atoms with van der Waals surface area (Å²) in [5.74, 6) is 0.294. The summed E-state index contributed by atoms with van der Waals surface area (Å²) in [6.45, 7) is 4.67. The molecule has 1 aliphatic heterocycles. The van der Waals surface area contributed by atoms with Crippen molar-refractivity contribution in [2.75, 3.05) is 40.3 Å². The monoisotopic (exact) mass is 369 g/mol. The van der Waals surface area contributed by atoms with Gasteiger partial charge in [-0.2, -0.15) is 0 Å². The van der Waals surface area contributed by atoms with Gasteiger partial charge in [-0.1, -0.05) is 42.0 Å². The van der Waals surface area contributed by atoms with Gasteiger partial charge in [0.2, 0.25) is 5.91 Å². The van der Waals surface area contributed by atoms with Gasteiger partial charge >= 0.3 is 0 Å². The summed E-state index contributed by atoms with van der Waals surface area (Å²) < 4.78 is 0. The average Bonchev–Trinajstić information content (AvgIpc) is 2.69. The first-order valence-corrected chi connectivity index (χ1v) is 10.5. The fraction of sp³-hybridized carbons (Fsp3) is 0.609. The highest BCUT2D eigenvalue weighted by Gasteiger charge is 2.26. The van der Waals surface area contributed by atoms with Crippen molar-refractivity contribution in [2.24, 2.45) is 0 Å². The topological polar surface area (TPSA) is 26.8 Å². The zero-order valence-electron chi connectivity index (χ0n) is 17.1. The van der Waals surface area contributed by atoms with E-state index in [9.17, 15) is 4.79 Å². The number of piperazine rings is 1. The molecule has 1 saturated heterocycles. The molecule has 4 nitrogen and oxygen atoms in total. The van der Waals surface area contributed by atoms with Gasteiger partial charge in [0, 0.05) is 45.2 Å². The molecular weight excluding hydrogens is 334 g/mol. The highest BCUT2D eigenvalue weighted by atomic mass is 16.2. The summed E-state index contributed by atoms with van der Waals surface area (Å²) in [5.41, 5.74) is 2.76. The van der Waals surface area contributed by atoms with E-state index in [1.807, 2.05) is 6.07 Å². The fourth-order valence-electron chi connectivity index (χ4n) is 4.16. The molecule has 1 amide bonds. The van der Waals surface area contributed by atoms with Crippen LogP contribution in [-0.2, 0) is 11.3 Å². The highest BCUT2D eigenvalue weighted by molar-refractivity contribution is 5.77. The molecule has 1 aromatic carbocycles. The van der Waals surface area contributed by atoms with Crippen molar-refractivity contribution in [1.82, 2.24) is 14.7 Å². The van der Waals surface area contributed by atoms with Crippen LogP contribution in [0.2, 0.25) is 0 Å². The third kappa shape index (κ3) is 6.18. The minimum Gasteiger partial charge on any atom is -0.338 e. The predicted molar refractivity (Wildman–Crippen MR) is 112 cm³/mol. The maximum Gasteiger partial charge on any atom is 0.224 e. The largest absolute Gasteiger partial charge is 0.338 e. The summed E-state index contributed by atoms with van der Waals surface area (Å²) in [4.78, 5) is 20.0. The molecule has 148 valence electrons. The van der Waals surface area contributed by atoms with Crippen molar-refractivity contribution < 1.29 is 4.79 Å². The van der Waals surface area contributed by atoms with E-state index in [2.05, 4.69) is 59.1 Å². The second-order valence-corrected chi connectivity index (χ2v) is 8.26. The van der Waals surface area contributed by atoms with Crippen molar-refractivity contribution in [3.05, 3.63) is 47.5 Å². The van der Waals surface area contributed by atoms with E-state index < -0.39 is 0 Å². The Balaban J connectivity index is 1.63. The minimum atomic E-state index is 0.294. The lowest BCUT2D eigenvalue weighted by Gasteiger charge is -2.38. The molecule has 1 fully saturated rings. The van der Waals surface area contributed by atoms with E-state index in [-0.39, 0.29) is 0 Å². The molecular formula is C23H35N3O. The maximum absolute atomic E-state index is 13.2. The lowest BCUT2D eigenvalue weighted by Crippen LogP contribution is -2.51. The molecule has 0 aromatic heterocycles. The van der Waals surface area contributed by atoms with Crippen LogP contribution in [0, 0.1) is 0 Å². The molecule has 0 spiro atoms. The van der Waals surface area contributed by atoms with Gasteiger partial charge in [-0.25, -0.2) is 0 Å². The summed E-state index contributed by atoms with van der Waals surface area (Å²) >= 11 is 0. The van der Waals surface area contributed by atoms with Crippen LogP contribution in [0.1, 0.15) is 44.1 Å². The molecule has 1 aromatic rings. The standard InChI is InChI=1S/C23H35N3O/c1-24-15-16-25(2)22(19-24)17-23(27)26(18-21-11-7-4-8-12-21)14-13-20-9-5-3-6-10-20/h4,7-9,11-12,22H,3,5-6,10,13-19H2,1-2H3. The Bertz CT molecular complexity index is 628. The molecule has 0 N–H and O–H groups in total. The van der Waals surface area contributed by atoms with Gasteiger partial charge in [-0.05, 0) is 51.8 Å². The first-order chi connectivity index (χ1) is 13.1. The molecule has 1 aliphatic carbocycles. The number of allylic oxidation sites excluding steroid dienone is 1. The average molecular weight is 370 g/mol. The third-order valence-electron chi connectivity index (χ3n) is 6.05. The molecule has 0 bridgehead atoms. The van der Waals surface area contributed by atoms with Gasteiger partial charge in [0.25, 0.3) is 0 Å². The fourth-order valence-corrected chi connectivity index (χ4v) is 4.16. The van der Waals surface area contributed by atoms with Crippen LogP contribution < -0.4 is 0 Å². The molecule has 2 aliphatic rings. The van der Waals surface area contributed by atoms with Gasteiger partial charge in [0.1, 0.15) is 0 Å². The SMILES string of the molecule is CN1CCN(C)C(CC(=O)N(CCC2=CCCCC2)Cc2ccccc2)C1. The highest BCUT2D eigenvalue weighted by Crippen LogP contribution is 2.21.